The number of rotatable bonds is 5. The van der Waals surface area contributed by atoms with E-state index in [-0.39, 0.29) is 5.78 Å². The Bertz CT molecular complexity index is 427. The van der Waals surface area contributed by atoms with Crippen LogP contribution in [0.4, 0.5) is 0 Å². The molecule has 0 aliphatic heterocycles. The summed E-state index contributed by atoms with van der Waals surface area (Å²) in [6, 6.07) is 4.36. The maximum absolute atomic E-state index is 11.7. The van der Waals surface area contributed by atoms with Crippen LogP contribution < -0.4 is 0 Å². The molecule has 0 atom stereocenters. The van der Waals surface area contributed by atoms with Gasteiger partial charge in [-0.15, -0.1) is 0 Å². The van der Waals surface area contributed by atoms with E-state index >= 15 is 0 Å². The summed E-state index contributed by atoms with van der Waals surface area (Å²) in [7, 11) is 0. The van der Waals surface area contributed by atoms with Gasteiger partial charge in [0.2, 0.25) is 0 Å². The summed E-state index contributed by atoms with van der Waals surface area (Å²) in [6.45, 7) is 12.6. The fourth-order valence-corrected chi connectivity index (χ4v) is 2.20. The zero-order chi connectivity index (χ0) is 13.9. The van der Waals surface area contributed by atoms with E-state index in [4.69, 9.17) is 0 Å². The van der Waals surface area contributed by atoms with Gasteiger partial charge >= 0.3 is 0 Å². The summed E-state index contributed by atoms with van der Waals surface area (Å²) in [5.41, 5.74) is 4.71. The van der Waals surface area contributed by atoms with Crippen molar-refractivity contribution in [2.75, 3.05) is 0 Å². The minimum Gasteiger partial charge on any atom is -0.295 e. The first kappa shape index (κ1) is 14.9. The molecule has 0 amide bonds. The van der Waals surface area contributed by atoms with Gasteiger partial charge in [-0.2, -0.15) is 0 Å². The van der Waals surface area contributed by atoms with Crippen LogP contribution >= 0.6 is 0 Å². The summed E-state index contributed by atoms with van der Waals surface area (Å²) < 4.78 is 0. The van der Waals surface area contributed by atoms with Crippen molar-refractivity contribution < 1.29 is 4.79 Å². The van der Waals surface area contributed by atoms with Crippen molar-refractivity contribution in [3.8, 4) is 0 Å². The summed E-state index contributed by atoms with van der Waals surface area (Å²) >= 11 is 0. The smallest absolute Gasteiger partial charge is 0.160 e. The van der Waals surface area contributed by atoms with Crippen LogP contribution in [0, 0.1) is 12.8 Å². The van der Waals surface area contributed by atoms with Crippen molar-refractivity contribution in [3.63, 3.8) is 0 Å². The van der Waals surface area contributed by atoms with Crippen molar-refractivity contribution in [1.29, 1.82) is 0 Å². The van der Waals surface area contributed by atoms with Gasteiger partial charge in [-0.05, 0) is 61.3 Å². The Labute approximate surface area is 112 Å². The lowest BCUT2D eigenvalue weighted by molar-refractivity contribution is 0.101. The maximum atomic E-state index is 11.7. The molecule has 18 heavy (non-hydrogen) atoms. The molecule has 0 saturated heterocycles. The lowest BCUT2D eigenvalue weighted by atomic mass is 9.89. The summed E-state index contributed by atoms with van der Waals surface area (Å²) in [5.74, 6) is 1.36. The minimum atomic E-state index is 0.181. The van der Waals surface area contributed by atoms with E-state index in [2.05, 4.69) is 46.8 Å². The fourth-order valence-electron chi connectivity index (χ4n) is 2.20. The van der Waals surface area contributed by atoms with Gasteiger partial charge in [-0.3, -0.25) is 4.79 Å². The molecule has 0 heterocycles. The number of Topliss-reactive ketones (excluding diaryl/α,β-unsaturated/α-hetero) is 1. The molecule has 1 aromatic carbocycles. The average molecular weight is 246 g/mol. The number of ketones is 1. The third kappa shape index (κ3) is 3.69. The SMILES string of the molecule is CC(=O)c1cc(C(C)C)cc(CCC(C)C)c1C. The molecule has 0 unspecified atom stereocenters. The van der Waals surface area contributed by atoms with Crippen LogP contribution in [0.15, 0.2) is 12.1 Å². The van der Waals surface area contributed by atoms with Crippen molar-refractivity contribution in [2.45, 2.75) is 60.3 Å². The Morgan fingerprint density at radius 2 is 1.78 bits per heavy atom. The first-order chi connectivity index (χ1) is 8.32. The molecule has 0 saturated carbocycles. The Kier molecular flexibility index (Phi) is 5.13. The largest absolute Gasteiger partial charge is 0.295 e. The molecule has 1 heteroatoms. The van der Waals surface area contributed by atoms with Crippen LogP contribution in [0.25, 0.3) is 0 Å². The normalized spacial score (nSPS) is 11.3. The van der Waals surface area contributed by atoms with E-state index in [9.17, 15) is 4.79 Å². The summed E-state index contributed by atoms with van der Waals surface area (Å²) in [5, 5.41) is 0. The van der Waals surface area contributed by atoms with Crippen LogP contribution in [0.2, 0.25) is 0 Å². The topological polar surface area (TPSA) is 17.1 Å². The summed E-state index contributed by atoms with van der Waals surface area (Å²) in [4.78, 5) is 11.7. The van der Waals surface area contributed by atoms with Gasteiger partial charge in [0.15, 0.2) is 5.78 Å². The van der Waals surface area contributed by atoms with E-state index in [0.717, 1.165) is 12.0 Å². The van der Waals surface area contributed by atoms with Crippen LogP contribution in [0.3, 0.4) is 0 Å². The highest BCUT2D eigenvalue weighted by molar-refractivity contribution is 5.96. The third-order valence-electron chi connectivity index (χ3n) is 3.57. The van der Waals surface area contributed by atoms with Gasteiger partial charge in [-0.1, -0.05) is 33.8 Å². The van der Waals surface area contributed by atoms with Gasteiger partial charge in [-0.25, -0.2) is 0 Å². The second-order valence-corrected chi connectivity index (χ2v) is 6.00. The van der Waals surface area contributed by atoms with E-state index in [1.165, 1.54) is 23.1 Å². The number of carbonyl (C=O) groups is 1. The van der Waals surface area contributed by atoms with Crippen LogP contribution in [-0.4, -0.2) is 5.78 Å². The van der Waals surface area contributed by atoms with Crippen molar-refractivity contribution >= 4 is 5.78 Å². The number of hydrogen-bond donors (Lipinski definition) is 0. The zero-order valence-corrected chi connectivity index (χ0v) is 12.6. The van der Waals surface area contributed by atoms with E-state index in [1.807, 2.05) is 0 Å². The molecule has 1 aromatic rings. The van der Waals surface area contributed by atoms with E-state index in [0.29, 0.717) is 11.8 Å². The standard InChI is InChI=1S/C17H26O/c1-11(2)7-8-15-9-16(12(3)4)10-17(13(15)5)14(6)18/h9-12H,7-8H2,1-6H3. The third-order valence-corrected chi connectivity index (χ3v) is 3.57. The zero-order valence-electron chi connectivity index (χ0n) is 12.6. The Balaban J connectivity index is 3.18. The molecule has 1 rings (SSSR count). The van der Waals surface area contributed by atoms with Crippen molar-refractivity contribution in [1.82, 2.24) is 0 Å². The molecular formula is C17H26O. The van der Waals surface area contributed by atoms with E-state index in [1.54, 1.807) is 6.92 Å². The maximum Gasteiger partial charge on any atom is 0.160 e. The molecular weight excluding hydrogens is 220 g/mol. The number of carbonyl (C=O) groups excluding carboxylic acids is 1. The lowest BCUT2D eigenvalue weighted by Gasteiger charge is -2.16. The minimum absolute atomic E-state index is 0.181. The van der Waals surface area contributed by atoms with Gasteiger partial charge in [0.05, 0.1) is 0 Å². The molecule has 0 aliphatic carbocycles. The highest BCUT2D eigenvalue weighted by atomic mass is 16.1. The lowest BCUT2D eigenvalue weighted by Crippen LogP contribution is -2.05. The van der Waals surface area contributed by atoms with Crippen LogP contribution in [-0.2, 0) is 6.42 Å². The number of benzene rings is 1. The Hall–Kier alpha value is -1.11. The quantitative estimate of drug-likeness (QED) is 0.675. The number of aryl methyl sites for hydroxylation is 1. The molecule has 0 aromatic heterocycles. The molecule has 0 aliphatic rings. The van der Waals surface area contributed by atoms with Crippen LogP contribution in [0.1, 0.15) is 74.0 Å². The van der Waals surface area contributed by atoms with E-state index < -0.39 is 0 Å². The monoisotopic (exact) mass is 246 g/mol. The molecule has 100 valence electrons. The number of hydrogen-bond acceptors (Lipinski definition) is 1. The first-order valence-electron chi connectivity index (χ1n) is 6.97. The van der Waals surface area contributed by atoms with Gasteiger partial charge in [0.1, 0.15) is 0 Å². The second-order valence-electron chi connectivity index (χ2n) is 6.00. The van der Waals surface area contributed by atoms with Gasteiger partial charge in [0.25, 0.3) is 0 Å². The predicted molar refractivity (Wildman–Crippen MR) is 78.4 cm³/mol. The highest BCUT2D eigenvalue weighted by Crippen LogP contribution is 2.24. The van der Waals surface area contributed by atoms with Gasteiger partial charge in [0, 0.05) is 5.56 Å². The molecule has 0 spiro atoms. The van der Waals surface area contributed by atoms with Crippen molar-refractivity contribution in [3.05, 3.63) is 34.4 Å². The molecule has 0 N–H and O–H groups in total. The first-order valence-corrected chi connectivity index (χ1v) is 6.97. The van der Waals surface area contributed by atoms with Gasteiger partial charge < -0.3 is 0 Å². The van der Waals surface area contributed by atoms with Crippen LogP contribution in [0.5, 0.6) is 0 Å². The second kappa shape index (κ2) is 6.17. The predicted octanol–water partition coefficient (Wildman–Crippen LogP) is 4.91. The molecule has 0 fully saturated rings. The Morgan fingerprint density at radius 1 is 1.17 bits per heavy atom. The molecule has 0 bridgehead atoms. The summed E-state index contributed by atoms with van der Waals surface area (Å²) in [6.07, 6.45) is 2.25. The molecule has 1 nitrogen and oxygen atoms in total. The highest BCUT2D eigenvalue weighted by Gasteiger charge is 2.12. The van der Waals surface area contributed by atoms with Crippen molar-refractivity contribution in [2.24, 2.45) is 5.92 Å². The Morgan fingerprint density at radius 3 is 2.22 bits per heavy atom. The fraction of sp³-hybridized carbons (Fsp3) is 0.588. The molecule has 0 radical (unpaired) electrons. The average Bonchev–Trinajstić information content (AvgIpc) is 2.26.